The molecule has 6 nitrogen and oxygen atoms in total. The highest BCUT2D eigenvalue weighted by atomic mass is 35.5. The van der Waals surface area contributed by atoms with Crippen molar-refractivity contribution in [1.29, 1.82) is 0 Å². The van der Waals surface area contributed by atoms with E-state index in [1.54, 1.807) is 4.90 Å². The normalized spacial score (nSPS) is 21.2. The van der Waals surface area contributed by atoms with Crippen LogP contribution in [0.15, 0.2) is 29.2 Å². The van der Waals surface area contributed by atoms with Crippen molar-refractivity contribution in [2.75, 3.05) is 14.2 Å². The molecule has 1 amide bonds. The van der Waals surface area contributed by atoms with Crippen LogP contribution in [0.25, 0.3) is 5.76 Å². The smallest absolute Gasteiger partial charge is 0.295 e. The summed E-state index contributed by atoms with van der Waals surface area (Å²) in [6, 6.07) is 4.43. The van der Waals surface area contributed by atoms with Gasteiger partial charge in [-0.3, -0.25) is 9.59 Å². The maximum Gasteiger partial charge on any atom is 0.295 e. The lowest BCUT2D eigenvalue weighted by atomic mass is 9.92. The molecule has 4 rings (SSSR count). The zero-order valence-electron chi connectivity index (χ0n) is 17.7. The van der Waals surface area contributed by atoms with Crippen LogP contribution in [0.5, 0.6) is 11.5 Å². The number of methoxy groups -OCH3 is 2. The molecule has 1 aromatic carbocycles. The van der Waals surface area contributed by atoms with Gasteiger partial charge in [-0.1, -0.05) is 48.5 Å². The lowest BCUT2D eigenvalue weighted by Gasteiger charge is -2.34. The number of nitrogens with zero attached hydrogens (tertiary/aromatic N) is 1. The van der Waals surface area contributed by atoms with E-state index < -0.39 is 17.7 Å². The first-order chi connectivity index (χ1) is 15.4. The number of hydrogen-bond donors (Lipinski definition) is 1. The zero-order chi connectivity index (χ0) is 23.0. The van der Waals surface area contributed by atoms with Crippen LogP contribution in [-0.2, 0) is 9.59 Å². The first-order valence-electron chi connectivity index (χ1n) is 10.3. The maximum atomic E-state index is 13.2. The number of rotatable bonds is 5. The summed E-state index contributed by atoms with van der Waals surface area (Å²) in [7, 11) is 2.81. The third-order valence-electron chi connectivity index (χ3n) is 6.06. The Bertz CT molecular complexity index is 1080. The van der Waals surface area contributed by atoms with Crippen LogP contribution in [-0.4, -0.2) is 42.0 Å². The first kappa shape index (κ1) is 23.0. The number of amides is 1. The van der Waals surface area contributed by atoms with E-state index in [0.717, 1.165) is 37.0 Å². The molecule has 1 aromatic heterocycles. The minimum absolute atomic E-state index is 0.0126. The number of hydrogen-bond acceptors (Lipinski definition) is 6. The van der Waals surface area contributed by atoms with Crippen molar-refractivity contribution in [2.45, 2.75) is 44.2 Å². The SMILES string of the molecule is COc1c(Cl)cc(/C(O)=C2/C(=O)C(=O)N(C3CCCCC3)C2c2cccs2)c(OC)c1Cl. The Morgan fingerprint density at radius 2 is 1.81 bits per heavy atom. The van der Waals surface area contributed by atoms with Gasteiger partial charge in [-0.25, -0.2) is 0 Å². The van der Waals surface area contributed by atoms with Gasteiger partial charge < -0.3 is 19.5 Å². The molecular weight excluding hydrogens is 473 g/mol. The minimum Gasteiger partial charge on any atom is -0.507 e. The molecule has 2 fully saturated rings. The van der Waals surface area contributed by atoms with Gasteiger partial charge in [0.15, 0.2) is 11.5 Å². The summed E-state index contributed by atoms with van der Waals surface area (Å²) in [6.07, 6.45) is 4.78. The summed E-state index contributed by atoms with van der Waals surface area (Å²) < 4.78 is 10.6. The van der Waals surface area contributed by atoms with Gasteiger partial charge in [0, 0.05) is 10.9 Å². The fourth-order valence-corrected chi connectivity index (χ4v) is 6.12. The molecule has 1 aliphatic carbocycles. The number of carbonyl (C=O) groups is 2. The van der Waals surface area contributed by atoms with Crippen LogP contribution >= 0.6 is 34.5 Å². The highest BCUT2D eigenvalue weighted by Gasteiger charge is 2.49. The molecule has 1 unspecified atom stereocenters. The van der Waals surface area contributed by atoms with Gasteiger partial charge in [0.05, 0.1) is 36.4 Å². The molecule has 1 saturated carbocycles. The van der Waals surface area contributed by atoms with Crippen LogP contribution in [0.2, 0.25) is 10.0 Å². The number of benzene rings is 1. The molecule has 0 radical (unpaired) electrons. The fourth-order valence-electron chi connectivity index (χ4n) is 4.60. The molecule has 2 aliphatic rings. The lowest BCUT2D eigenvalue weighted by molar-refractivity contribution is -0.141. The second-order valence-electron chi connectivity index (χ2n) is 7.80. The van der Waals surface area contributed by atoms with Crippen LogP contribution in [0.3, 0.4) is 0 Å². The summed E-state index contributed by atoms with van der Waals surface area (Å²) in [5.74, 6) is -1.39. The van der Waals surface area contributed by atoms with Gasteiger partial charge in [-0.2, -0.15) is 0 Å². The second-order valence-corrected chi connectivity index (χ2v) is 9.56. The Kier molecular flexibility index (Phi) is 6.70. The molecule has 2 heterocycles. The number of aliphatic hydroxyl groups excluding tert-OH is 1. The summed E-state index contributed by atoms with van der Waals surface area (Å²) in [5.41, 5.74) is 0.144. The van der Waals surface area contributed by atoms with E-state index in [1.807, 2.05) is 17.5 Å². The second kappa shape index (κ2) is 9.33. The first-order valence-corrected chi connectivity index (χ1v) is 12.0. The molecule has 1 aliphatic heterocycles. The van der Waals surface area contributed by atoms with Crippen LogP contribution in [0, 0.1) is 0 Å². The van der Waals surface area contributed by atoms with Crippen molar-refractivity contribution in [1.82, 2.24) is 4.90 Å². The van der Waals surface area contributed by atoms with Gasteiger partial charge in [0.25, 0.3) is 11.7 Å². The number of likely N-dealkylation sites (tertiary alicyclic amines) is 1. The monoisotopic (exact) mass is 495 g/mol. The van der Waals surface area contributed by atoms with Gasteiger partial charge in [-0.05, 0) is 30.4 Å². The van der Waals surface area contributed by atoms with E-state index in [-0.39, 0.29) is 44.5 Å². The Morgan fingerprint density at radius 1 is 1.12 bits per heavy atom. The quantitative estimate of drug-likeness (QED) is 0.321. The van der Waals surface area contributed by atoms with Crippen LogP contribution in [0.4, 0.5) is 0 Å². The van der Waals surface area contributed by atoms with Crippen LogP contribution < -0.4 is 9.47 Å². The molecule has 2 aromatic rings. The minimum atomic E-state index is -0.725. The average molecular weight is 496 g/mol. The standard InChI is InChI=1S/C23H23Cl2NO5S/c1-30-21-13(11-14(24)22(31-2)17(21)25)19(27)16-18(15-9-6-10-32-15)26(23(29)20(16)28)12-7-4-3-5-8-12/h6,9-12,18,27H,3-5,7-8H2,1-2H3/b19-16-. The summed E-state index contributed by atoms with van der Waals surface area (Å²) in [6.45, 7) is 0. The third-order valence-corrected chi connectivity index (χ3v) is 7.60. The summed E-state index contributed by atoms with van der Waals surface area (Å²) >= 11 is 14.1. The Hall–Kier alpha value is -2.22. The van der Waals surface area contributed by atoms with E-state index in [9.17, 15) is 14.7 Å². The van der Waals surface area contributed by atoms with Crippen molar-refractivity contribution >= 4 is 52.0 Å². The van der Waals surface area contributed by atoms with Gasteiger partial charge in [0.1, 0.15) is 10.8 Å². The maximum absolute atomic E-state index is 13.2. The van der Waals surface area contributed by atoms with E-state index in [2.05, 4.69) is 0 Å². The van der Waals surface area contributed by atoms with Crippen molar-refractivity contribution in [3.05, 3.63) is 49.6 Å². The number of carbonyl (C=O) groups excluding carboxylic acids is 2. The highest BCUT2D eigenvalue weighted by molar-refractivity contribution is 7.10. The van der Waals surface area contributed by atoms with Crippen LogP contribution in [0.1, 0.15) is 48.6 Å². The predicted octanol–water partition coefficient (Wildman–Crippen LogP) is 5.83. The molecule has 1 saturated heterocycles. The number of aliphatic hydroxyl groups is 1. The number of ether oxygens (including phenoxy) is 2. The van der Waals surface area contributed by atoms with Gasteiger partial charge in [-0.15, -0.1) is 11.3 Å². The topological polar surface area (TPSA) is 76.1 Å². The van der Waals surface area contributed by atoms with E-state index in [4.69, 9.17) is 32.7 Å². The zero-order valence-corrected chi connectivity index (χ0v) is 20.0. The Balaban J connectivity index is 1.92. The number of halogens is 2. The van der Waals surface area contributed by atoms with Gasteiger partial charge in [0.2, 0.25) is 0 Å². The third kappa shape index (κ3) is 3.76. The van der Waals surface area contributed by atoms with Gasteiger partial charge >= 0.3 is 0 Å². The number of ketones is 1. The summed E-state index contributed by atoms with van der Waals surface area (Å²) in [4.78, 5) is 28.9. The molecule has 32 heavy (non-hydrogen) atoms. The fraction of sp³-hybridized carbons (Fsp3) is 0.391. The number of thiophene rings is 1. The van der Waals surface area contributed by atoms with E-state index >= 15 is 0 Å². The van der Waals surface area contributed by atoms with Crippen molar-refractivity contribution < 1.29 is 24.2 Å². The highest BCUT2D eigenvalue weighted by Crippen LogP contribution is 2.48. The molecule has 9 heteroatoms. The molecule has 1 N–H and O–H groups in total. The average Bonchev–Trinajstić information content (AvgIpc) is 3.41. The van der Waals surface area contributed by atoms with Crippen molar-refractivity contribution in [3.63, 3.8) is 0 Å². The predicted molar refractivity (Wildman–Crippen MR) is 125 cm³/mol. The largest absolute Gasteiger partial charge is 0.507 e. The van der Waals surface area contributed by atoms with Crippen molar-refractivity contribution in [2.24, 2.45) is 0 Å². The van der Waals surface area contributed by atoms with E-state index in [0.29, 0.717) is 0 Å². The van der Waals surface area contributed by atoms with Crippen molar-refractivity contribution in [3.8, 4) is 11.5 Å². The van der Waals surface area contributed by atoms with E-state index in [1.165, 1.54) is 31.6 Å². The number of Topliss-reactive ketones (excluding diaryl/α,β-unsaturated/α-hetero) is 1. The Labute approximate surface area is 200 Å². The molecule has 0 bridgehead atoms. The molecule has 1 atom stereocenters. The Morgan fingerprint density at radius 3 is 2.41 bits per heavy atom. The lowest BCUT2D eigenvalue weighted by Crippen LogP contribution is -2.40. The molecule has 170 valence electrons. The summed E-state index contributed by atoms with van der Waals surface area (Å²) in [5, 5.41) is 13.5. The molecule has 0 spiro atoms. The molecular formula is C23H23Cl2NO5S.